The smallest absolute Gasteiger partial charge is 0.144 e. The number of benzene rings is 3. The van der Waals surface area contributed by atoms with E-state index in [2.05, 4.69) is 56.3 Å². The molecular weight excluding hydrogens is 394 g/mol. The Morgan fingerprint density at radius 1 is 0.812 bits per heavy atom. The van der Waals surface area contributed by atoms with Gasteiger partial charge in [0.2, 0.25) is 0 Å². The standard InChI is InChI=1S/C29H25NO2/c1-18(31)14-21(32)15-20-16-24-22-9-5-6-10-25(22)29(2,3)26(24)17-23(20)28-13-12-19-8-4-7-11-27(19)30-28/h4-13,16-17H,14-15H2,1-3H3. The van der Waals surface area contributed by atoms with Gasteiger partial charge >= 0.3 is 0 Å². The number of carbonyl (C=O) groups excluding carboxylic acids is 2. The van der Waals surface area contributed by atoms with E-state index in [0.29, 0.717) is 0 Å². The van der Waals surface area contributed by atoms with Crippen molar-refractivity contribution >= 4 is 22.5 Å². The summed E-state index contributed by atoms with van der Waals surface area (Å²) in [5.41, 5.74) is 8.44. The van der Waals surface area contributed by atoms with Gasteiger partial charge in [0.25, 0.3) is 0 Å². The molecule has 0 spiro atoms. The van der Waals surface area contributed by atoms with Crippen LogP contribution in [0.5, 0.6) is 0 Å². The van der Waals surface area contributed by atoms with Crippen LogP contribution in [0.25, 0.3) is 33.3 Å². The first-order valence-electron chi connectivity index (χ1n) is 11.0. The summed E-state index contributed by atoms with van der Waals surface area (Å²) in [6.07, 6.45) is 0.184. The quantitative estimate of drug-likeness (QED) is 0.357. The number of aromatic nitrogens is 1. The van der Waals surface area contributed by atoms with E-state index >= 15 is 0 Å². The fourth-order valence-corrected chi connectivity index (χ4v) is 4.95. The van der Waals surface area contributed by atoms with Gasteiger partial charge in [0.1, 0.15) is 11.6 Å². The van der Waals surface area contributed by atoms with Crippen LogP contribution in [0.4, 0.5) is 0 Å². The molecule has 158 valence electrons. The third kappa shape index (κ3) is 3.34. The summed E-state index contributed by atoms with van der Waals surface area (Å²) < 4.78 is 0. The lowest BCUT2D eigenvalue weighted by atomic mass is 9.81. The number of ketones is 2. The third-order valence-electron chi connectivity index (χ3n) is 6.52. The van der Waals surface area contributed by atoms with Gasteiger partial charge in [-0.05, 0) is 59.0 Å². The Morgan fingerprint density at radius 3 is 2.38 bits per heavy atom. The van der Waals surface area contributed by atoms with Crippen molar-refractivity contribution in [2.24, 2.45) is 0 Å². The Labute approximate surface area is 188 Å². The molecule has 0 amide bonds. The predicted octanol–water partition coefficient (Wildman–Crippen LogP) is 6.30. The first-order valence-corrected chi connectivity index (χ1v) is 11.0. The second-order valence-corrected chi connectivity index (χ2v) is 9.21. The van der Waals surface area contributed by atoms with E-state index < -0.39 is 0 Å². The lowest BCUT2D eigenvalue weighted by Crippen LogP contribution is -2.15. The first-order chi connectivity index (χ1) is 15.3. The molecule has 0 radical (unpaired) electrons. The Bertz CT molecular complexity index is 1400. The fraction of sp³-hybridized carbons (Fsp3) is 0.207. The lowest BCUT2D eigenvalue weighted by Gasteiger charge is -2.23. The van der Waals surface area contributed by atoms with Crippen LogP contribution >= 0.6 is 0 Å². The summed E-state index contributed by atoms with van der Waals surface area (Å²) in [6, 6.07) is 25.0. The summed E-state index contributed by atoms with van der Waals surface area (Å²) >= 11 is 0. The van der Waals surface area contributed by atoms with Crippen LogP contribution < -0.4 is 0 Å². The van der Waals surface area contributed by atoms with Crippen molar-refractivity contribution in [3.05, 3.63) is 89.5 Å². The summed E-state index contributed by atoms with van der Waals surface area (Å²) in [4.78, 5) is 29.1. The lowest BCUT2D eigenvalue weighted by molar-refractivity contribution is -0.125. The minimum Gasteiger partial charge on any atom is -0.300 e. The molecule has 3 nitrogen and oxygen atoms in total. The van der Waals surface area contributed by atoms with Crippen molar-refractivity contribution in [2.75, 3.05) is 0 Å². The molecule has 0 atom stereocenters. The maximum absolute atomic E-state index is 12.7. The molecule has 0 saturated carbocycles. The van der Waals surface area contributed by atoms with Gasteiger partial charge in [-0.25, -0.2) is 4.98 Å². The van der Waals surface area contributed by atoms with Gasteiger partial charge < -0.3 is 0 Å². The fourth-order valence-electron chi connectivity index (χ4n) is 4.95. The van der Waals surface area contributed by atoms with E-state index in [-0.39, 0.29) is 29.8 Å². The Balaban J connectivity index is 1.72. The van der Waals surface area contributed by atoms with Crippen LogP contribution in [-0.2, 0) is 21.4 Å². The van der Waals surface area contributed by atoms with E-state index in [4.69, 9.17) is 4.98 Å². The van der Waals surface area contributed by atoms with Crippen molar-refractivity contribution in [3.8, 4) is 22.4 Å². The summed E-state index contributed by atoms with van der Waals surface area (Å²) in [7, 11) is 0. The minimum atomic E-state index is -0.139. The van der Waals surface area contributed by atoms with E-state index in [1.165, 1.54) is 29.2 Å². The molecule has 4 aromatic rings. The van der Waals surface area contributed by atoms with Crippen LogP contribution in [0.1, 0.15) is 43.9 Å². The van der Waals surface area contributed by atoms with E-state index in [1.807, 2.05) is 30.3 Å². The maximum atomic E-state index is 12.7. The zero-order valence-electron chi connectivity index (χ0n) is 18.6. The molecule has 1 aliphatic rings. The number of pyridine rings is 1. The molecule has 0 fully saturated rings. The molecule has 0 bridgehead atoms. The van der Waals surface area contributed by atoms with E-state index in [9.17, 15) is 9.59 Å². The molecule has 0 unspecified atom stereocenters. The van der Waals surface area contributed by atoms with Gasteiger partial charge in [-0.3, -0.25) is 9.59 Å². The molecule has 0 saturated heterocycles. The largest absolute Gasteiger partial charge is 0.300 e. The van der Waals surface area contributed by atoms with Gasteiger partial charge in [-0.2, -0.15) is 0 Å². The van der Waals surface area contributed by atoms with Gasteiger partial charge in [0, 0.05) is 22.8 Å². The number of Topliss-reactive ketones (excluding diaryl/α,β-unsaturated/α-hetero) is 2. The SMILES string of the molecule is CC(=O)CC(=O)Cc1cc2c(cc1-c1ccc3ccccc3n1)C(C)(C)c1ccccc1-2. The Hall–Kier alpha value is -3.59. The van der Waals surface area contributed by atoms with Crippen LogP contribution in [0, 0.1) is 0 Å². The van der Waals surface area contributed by atoms with Gasteiger partial charge in [0.15, 0.2) is 0 Å². The minimum absolute atomic E-state index is 0.0379. The molecule has 3 aromatic carbocycles. The Morgan fingerprint density at radius 2 is 1.56 bits per heavy atom. The molecule has 1 aromatic heterocycles. The zero-order chi connectivity index (χ0) is 22.5. The van der Waals surface area contributed by atoms with Crippen molar-refractivity contribution < 1.29 is 9.59 Å². The highest BCUT2D eigenvalue weighted by Crippen LogP contribution is 2.50. The highest BCUT2D eigenvalue weighted by Gasteiger charge is 2.36. The van der Waals surface area contributed by atoms with Crippen LogP contribution in [0.2, 0.25) is 0 Å². The number of rotatable bonds is 5. The summed E-state index contributed by atoms with van der Waals surface area (Å²) in [5, 5.41) is 1.08. The number of para-hydroxylation sites is 1. The van der Waals surface area contributed by atoms with Crippen molar-refractivity contribution in [3.63, 3.8) is 0 Å². The predicted molar refractivity (Wildman–Crippen MR) is 129 cm³/mol. The number of carbonyl (C=O) groups is 2. The maximum Gasteiger partial charge on any atom is 0.144 e. The zero-order valence-corrected chi connectivity index (χ0v) is 18.6. The normalized spacial score (nSPS) is 13.6. The summed E-state index contributed by atoms with van der Waals surface area (Å²) in [5.74, 6) is -0.168. The molecule has 1 heterocycles. The Kier molecular flexibility index (Phi) is 4.78. The first kappa shape index (κ1) is 20.3. The van der Waals surface area contributed by atoms with E-state index in [1.54, 1.807) is 0 Å². The number of hydrogen-bond donors (Lipinski definition) is 0. The van der Waals surface area contributed by atoms with Crippen LogP contribution in [-0.4, -0.2) is 16.6 Å². The average molecular weight is 420 g/mol. The highest BCUT2D eigenvalue weighted by atomic mass is 16.1. The molecule has 3 heteroatoms. The third-order valence-corrected chi connectivity index (χ3v) is 6.52. The number of nitrogens with zero attached hydrogens (tertiary/aromatic N) is 1. The second kappa shape index (κ2) is 7.52. The molecule has 32 heavy (non-hydrogen) atoms. The van der Waals surface area contributed by atoms with Gasteiger partial charge in [-0.15, -0.1) is 0 Å². The highest BCUT2D eigenvalue weighted by molar-refractivity contribution is 6.00. The van der Waals surface area contributed by atoms with Gasteiger partial charge in [0.05, 0.1) is 17.6 Å². The molecule has 5 rings (SSSR count). The summed E-state index contributed by atoms with van der Waals surface area (Å²) in [6.45, 7) is 5.96. The molecule has 0 aliphatic heterocycles. The van der Waals surface area contributed by atoms with Crippen LogP contribution in [0.3, 0.4) is 0 Å². The monoisotopic (exact) mass is 419 g/mol. The average Bonchev–Trinajstić information content (AvgIpc) is 2.99. The number of fused-ring (bicyclic) bond motifs is 4. The van der Waals surface area contributed by atoms with Gasteiger partial charge in [-0.1, -0.05) is 62.4 Å². The topological polar surface area (TPSA) is 47.0 Å². The molecular formula is C29H25NO2. The molecule has 0 N–H and O–H groups in total. The van der Waals surface area contributed by atoms with Crippen molar-refractivity contribution in [2.45, 2.75) is 39.0 Å². The van der Waals surface area contributed by atoms with Crippen molar-refractivity contribution in [1.82, 2.24) is 4.98 Å². The number of hydrogen-bond acceptors (Lipinski definition) is 3. The second-order valence-electron chi connectivity index (χ2n) is 9.21. The van der Waals surface area contributed by atoms with Crippen molar-refractivity contribution in [1.29, 1.82) is 0 Å². The van der Waals surface area contributed by atoms with E-state index in [0.717, 1.165) is 27.7 Å². The molecule has 1 aliphatic carbocycles. The van der Waals surface area contributed by atoms with Crippen LogP contribution in [0.15, 0.2) is 72.8 Å².